The number of hydrogen-bond donors (Lipinski definition) is 3. The highest BCUT2D eigenvalue weighted by Crippen LogP contribution is 2.14. The Labute approximate surface area is 81.0 Å². The summed E-state index contributed by atoms with van der Waals surface area (Å²) in [6.07, 6.45) is 1.78. The van der Waals surface area contributed by atoms with Crippen molar-refractivity contribution in [2.45, 2.75) is 25.6 Å². The lowest BCUT2D eigenvalue weighted by molar-refractivity contribution is -0.141. The summed E-state index contributed by atoms with van der Waals surface area (Å²) >= 11 is 0. The van der Waals surface area contributed by atoms with E-state index in [0.717, 1.165) is 0 Å². The van der Waals surface area contributed by atoms with Crippen LogP contribution in [0.5, 0.6) is 0 Å². The zero-order chi connectivity index (χ0) is 10.7. The SMILES string of the molecule is CCn1cc(C(O)C(N)C(=O)O)cn1. The minimum atomic E-state index is -1.32. The first-order chi connectivity index (χ1) is 6.56. The van der Waals surface area contributed by atoms with Crippen LogP contribution in [0, 0.1) is 0 Å². The van der Waals surface area contributed by atoms with Gasteiger partial charge in [-0.05, 0) is 6.92 Å². The fraction of sp³-hybridized carbons (Fsp3) is 0.500. The Hall–Kier alpha value is -1.40. The molecule has 0 aliphatic carbocycles. The van der Waals surface area contributed by atoms with Crippen molar-refractivity contribution in [3.63, 3.8) is 0 Å². The van der Waals surface area contributed by atoms with E-state index >= 15 is 0 Å². The molecule has 6 nitrogen and oxygen atoms in total. The lowest BCUT2D eigenvalue weighted by Crippen LogP contribution is -2.36. The highest BCUT2D eigenvalue weighted by atomic mass is 16.4. The molecule has 14 heavy (non-hydrogen) atoms. The molecule has 2 unspecified atom stereocenters. The maximum atomic E-state index is 10.5. The molecule has 0 spiro atoms. The van der Waals surface area contributed by atoms with Gasteiger partial charge < -0.3 is 15.9 Å². The molecule has 1 aromatic rings. The first-order valence-corrected chi connectivity index (χ1v) is 4.25. The summed E-state index contributed by atoms with van der Waals surface area (Å²) in [5.74, 6) is -1.23. The first-order valence-electron chi connectivity index (χ1n) is 4.25. The predicted octanol–water partition coefficient (Wildman–Crippen LogP) is -0.652. The van der Waals surface area contributed by atoms with Gasteiger partial charge in [0.25, 0.3) is 0 Å². The molecule has 0 amide bonds. The third kappa shape index (κ3) is 2.09. The number of carboxylic acid groups (broad SMARTS) is 1. The number of rotatable bonds is 4. The van der Waals surface area contributed by atoms with E-state index in [1.54, 1.807) is 10.9 Å². The van der Waals surface area contributed by atoms with Gasteiger partial charge in [-0.1, -0.05) is 0 Å². The van der Waals surface area contributed by atoms with Crippen molar-refractivity contribution in [1.82, 2.24) is 9.78 Å². The fourth-order valence-corrected chi connectivity index (χ4v) is 1.05. The molecule has 1 aromatic heterocycles. The second-order valence-corrected chi connectivity index (χ2v) is 2.94. The van der Waals surface area contributed by atoms with Crippen LogP contribution in [0.3, 0.4) is 0 Å². The Balaban J connectivity index is 2.78. The van der Waals surface area contributed by atoms with Crippen molar-refractivity contribution in [2.24, 2.45) is 5.73 Å². The van der Waals surface area contributed by atoms with Gasteiger partial charge in [0, 0.05) is 18.3 Å². The van der Waals surface area contributed by atoms with Crippen LogP contribution in [0.2, 0.25) is 0 Å². The Morgan fingerprint density at radius 3 is 2.86 bits per heavy atom. The van der Waals surface area contributed by atoms with Gasteiger partial charge >= 0.3 is 5.97 Å². The number of nitrogens with zero attached hydrogens (tertiary/aromatic N) is 2. The molecule has 0 radical (unpaired) electrons. The quantitative estimate of drug-likeness (QED) is 0.598. The van der Waals surface area contributed by atoms with Crippen LogP contribution in [0.15, 0.2) is 12.4 Å². The van der Waals surface area contributed by atoms with Crippen molar-refractivity contribution in [3.8, 4) is 0 Å². The van der Waals surface area contributed by atoms with Crippen LogP contribution >= 0.6 is 0 Å². The minimum absolute atomic E-state index is 0.418. The highest BCUT2D eigenvalue weighted by molar-refractivity contribution is 5.74. The van der Waals surface area contributed by atoms with Gasteiger partial charge in [0.05, 0.1) is 6.20 Å². The van der Waals surface area contributed by atoms with Gasteiger partial charge in [-0.3, -0.25) is 9.48 Å². The number of aliphatic carboxylic acids is 1. The van der Waals surface area contributed by atoms with Crippen LogP contribution in [0.4, 0.5) is 0 Å². The molecular weight excluding hydrogens is 186 g/mol. The van der Waals surface area contributed by atoms with Crippen molar-refractivity contribution < 1.29 is 15.0 Å². The smallest absolute Gasteiger partial charge is 0.323 e. The fourth-order valence-electron chi connectivity index (χ4n) is 1.05. The van der Waals surface area contributed by atoms with Crippen molar-refractivity contribution in [3.05, 3.63) is 18.0 Å². The molecule has 0 saturated carbocycles. The van der Waals surface area contributed by atoms with Crippen LogP contribution in [0.25, 0.3) is 0 Å². The molecule has 1 heterocycles. The molecule has 0 aliphatic heterocycles. The van der Waals surface area contributed by atoms with Crippen molar-refractivity contribution >= 4 is 5.97 Å². The van der Waals surface area contributed by atoms with E-state index < -0.39 is 18.1 Å². The number of aryl methyl sites for hydroxylation is 1. The van der Waals surface area contributed by atoms with Crippen LogP contribution in [0.1, 0.15) is 18.6 Å². The van der Waals surface area contributed by atoms with Crippen LogP contribution in [-0.2, 0) is 11.3 Å². The average Bonchev–Trinajstić information content (AvgIpc) is 2.63. The van der Waals surface area contributed by atoms with E-state index in [1.165, 1.54) is 6.20 Å². The molecule has 6 heteroatoms. The number of aliphatic hydroxyl groups excluding tert-OH is 1. The number of nitrogens with two attached hydrogens (primary N) is 1. The monoisotopic (exact) mass is 199 g/mol. The molecule has 2 atom stereocenters. The summed E-state index contributed by atoms with van der Waals surface area (Å²) in [7, 11) is 0. The molecule has 78 valence electrons. The second-order valence-electron chi connectivity index (χ2n) is 2.94. The van der Waals surface area contributed by atoms with Gasteiger partial charge in [-0.25, -0.2) is 0 Å². The highest BCUT2D eigenvalue weighted by Gasteiger charge is 2.24. The average molecular weight is 199 g/mol. The number of carboxylic acids is 1. The second kappa shape index (κ2) is 4.21. The Morgan fingerprint density at radius 2 is 2.43 bits per heavy atom. The van der Waals surface area contributed by atoms with Crippen molar-refractivity contribution in [1.29, 1.82) is 0 Å². The summed E-state index contributed by atoms with van der Waals surface area (Å²) in [6.45, 7) is 2.55. The summed E-state index contributed by atoms with van der Waals surface area (Å²) < 4.78 is 1.59. The van der Waals surface area contributed by atoms with Gasteiger partial charge in [-0.2, -0.15) is 5.10 Å². The number of aliphatic hydroxyl groups is 1. The molecule has 4 N–H and O–H groups in total. The molecule has 0 bridgehead atoms. The number of aromatic nitrogens is 2. The Bertz CT molecular complexity index is 323. The third-order valence-electron chi connectivity index (χ3n) is 1.94. The van der Waals surface area contributed by atoms with Crippen LogP contribution < -0.4 is 5.73 Å². The Morgan fingerprint density at radius 1 is 1.79 bits per heavy atom. The standard InChI is InChI=1S/C8H13N3O3/c1-2-11-4-5(3-10-11)7(12)6(9)8(13)14/h3-4,6-7,12H,2,9H2,1H3,(H,13,14). The maximum Gasteiger partial charge on any atom is 0.323 e. The molecule has 0 saturated heterocycles. The van der Waals surface area contributed by atoms with E-state index in [4.69, 9.17) is 10.8 Å². The molecule has 0 aliphatic rings. The minimum Gasteiger partial charge on any atom is -0.480 e. The molecule has 0 fully saturated rings. The van der Waals surface area contributed by atoms with Gasteiger partial charge in [-0.15, -0.1) is 0 Å². The Kier molecular flexibility index (Phi) is 3.21. The van der Waals surface area contributed by atoms with Gasteiger partial charge in [0.1, 0.15) is 12.1 Å². The molecule has 0 aromatic carbocycles. The largest absolute Gasteiger partial charge is 0.480 e. The van der Waals surface area contributed by atoms with E-state index in [-0.39, 0.29) is 0 Å². The van der Waals surface area contributed by atoms with E-state index in [0.29, 0.717) is 12.1 Å². The maximum absolute atomic E-state index is 10.5. The van der Waals surface area contributed by atoms with Gasteiger partial charge in [0.15, 0.2) is 0 Å². The van der Waals surface area contributed by atoms with E-state index in [1.807, 2.05) is 6.92 Å². The lowest BCUT2D eigenvalue weighted by atomic mass is 10.1. The first kappa shape index (κ1) is 10.7. The van der Waals surface area contributed by atoms with Crippen LogP contribution in [-0.4, -0.2) is 32.0 Å². The van der Waals surface area contributed by atoms with E-state index in [2.05, 4.69) is 5.10 Å². The molecule has 1 rings (SSSR count). The van der Waals surface area contributed by atoms with Gasteiger partial charge in [0.2, 0.25) is 0 Å². The lowest BCUT2D eigenvalue weighted by Gasteiger charge is -2.12. The topological polar surface area (TPSA) is 101 Å². The summed E-state index contributed by atoms with van der Waals surface area (Å²) in [5, 5.41) is 22.0. The summed E-state index contributed by atoms with van der Waals surface area (Å²) in [4.78, 5) is 10.5. The molecular formula is C8H13N3O3. The number of carbonyl (C=O) groups is 1. The van der Waals surface area contributed by atoms with E-state index in [9.17, 15) is 9.90 Å². The zero-order valence-electron chi connectivity index (χ0n) is 7.79. The predicted molar refractivity (Wildman–Crippen MR) is 48.5 cm³/mol. The summed E-state index contributed by atoms with van der Waals surface area (Å²) in [5.41, 5.74) is 5.67. The number of hydrogen-bond acceptors (Lipinski definition) is 4. The zero-order valence-corrected chi connectivity index (χ0v) is 7.79. The normalized spacial score (nSPS) is 15.1. The van der Waals surface area contributed by atoms with Crippen molar-refractivity contribution in [2.75, 3.05) is 0 Å². The third-order valence-corrected chi connectivity index (χ3v) is 1.94. The summed E-state index contributed by atoms with van der Waals surface area (Å²) in [6, 6.07) is -1.32.